The fourth-order valence-corrected chi connectivity index (χ4v) is 2.13. The van der Waals surface area contributed by atoms with Crippen LogP contribution in [0.1, 0.15) is 12.5 Å². The van der Waals surface area contributed by atoms with E-state index in [4.69, 9.17) is 29.4 Å². The molecule has 0 saturated heterocycles. The number of fused-ring (bicyclic) bond motifs is 1. The molecule has 0 radical (unpaired) electrons. The fraction of sp³-hybridized carbons (Fsp3) is 0.529. The lowest BCUT2D eigenvalue weighted by atomic mass is 10.1. The Balaban J connectivity index is 2.08. The molecule has 2 rings (SSSR count). The van der Waals surface area contributed by atoms with Crippen LogP contribution in [0.4, 0.5) is 4.79 Å². The van der Waals surface area contributed by atoms with Gasteiger partial charge in [0.25, 0.3) is 0 Å². The second-order valence-electron chi connectivity index (χ2n) is 5.37. The number of hydrogen-bond acceptors (Lipinski definition) is 7. The molecule has 0 unspecified atom stereocenters. The Morgan fingerprint density at radius 3 is 2.04 bits per heavy atom. The number of hydrazone groups is 1. The van der Waals surface area contributed by atoms with Crippen molar-refractivity contribution in [3.8, 4) is 11.5 Å². The first-order chi connectivity index (χ1) is 12.7. The summed E-state index contributed by atoms with van der Waals surface area (Å²) in [5, 5.41) is 3.92. The van der Waals surface area contributed by atoms with Crippen molar-refractivity contribution < 1.29 is 28.5 Å². The number of carbonyl (C=O) groups excluding carboxylic acids is 1. The van der Waals surface area contributed by atoms with Crippen LogP contribution in [0.5, 0.6) is 11.5 Å². The number of nitrogens with zero attached hydrogens (tertiary/aromatic N) is 1. The summed E-state index contributed by atoms with van der Waals surface area (Å²) in [6.45, 7) is 5.44. The molecule has 1 aromatic carbocycles. The first-order valence-corrected chi connectivity index (χ1v) is 8.40. The minimum absolute atomic E-state index is 0.367. The predicted molar refractivity (Wildman–Crippen MR) is 94.8 cm³/mol. The van der Waals surface area contributed by atoms with Gasteiger partial charge in [0.2, 0.25) is 0 Å². The number of urea groups is 1. The van der Waals surface area contributed by atoms with Gasteiger partial charge >= 0.3 is 6.03 Å². The van der Waals surface area contributed by atoms with Gasteiger partial charge in [-0.25, -0.2) is 10.2 Å². The molecule has 0 aliphatic carbocycles. The van der Waals surface area contributed by atoms with Crippen molar-refractivity contribution in [1.29, 1.82) is 0 Å². The van der Waals surface area contributed by atoms with E-state index in [0.29, 0.717) is 70.1 Å². The third-order valence-corrected chi connectivity index (χ3v) is 3.41. The molecule has 144 valence electrons. The summed E-state index contributed by atoms with van der Waals surface area (Å²) >= 11 is 0. The maximum atomic E-state index is 10.8. The Hall–Kier alpha value is -2.36. The Kier molecular flexibility index (Phi) is 8.67. The first-order valence-electron chi connectivity index (χ1n) is 8.40. The SMILES string of the molecule is CC(=NNC(N)=O)c1ccc2c(c1)OCCOCCOCCOCCO2. The van der Waals surface area contributed by atoms with E-state index in [1.54, 1.807) is 19.1 Å². The summed E-state index contributed by atoms with van der Waals surface area (Å²) < 4.78 is 27.8. The first kappa shape index (κ1) is 20.0. The highest BCUT2D eigenvalue weighted by molar-refractivity contribution is 5.99. The van der Waals surface area contributed by atoms with Crippen LogP contribution in [0.25, 0.3) is 0 Å². The lowest BCUT2D eigenvalue weighted by molar-refractivity contribution is 0.00708. The number of hydrogen-bond donors (Lipinski definition) is 2. The molecular weight excluding hydrogens is 342 g/mol. The maximum absolute atomic E-state index is 10.8. The van der Waals surface area contributed by atoms with Crippen molar-refractivity contribution in [3.05, 3.63) is 23.8 Å². The van der Waals surface area contributed by atoms with Crippen molar-refractivity contribution in [2.24, 2.45) is 10.8 Å². The van der Waals surface area contributed by atoms with Gasteiger partial charge in [0.15, 0.2) is 11.5 Å². The Labute approximate surface area is 152 Å². The molecule has 3 N–H and O–H groups in total. The summed E-state index contributed by atoms with van der Waals surface area (Å²) in [5.41, 5.74) is 8.58. The lowest BCUT2D eigenvalue weighted by Gasteiger charge is -2.14. The molecule has 0 saturated carbocycles. The number of carbonyl (C=O) groups is 1. The van der Waals surface area contributed by atoms with E-state index in [9.17, 15) is 4.79 Å². The number of nitrogens with one attached hydrogen (secondary N) is 1. The molecule has 0 fully saturated rings. The number of rotatable bonds is 2. The maximum Gasteiger partial charge on any atom is 0.332 e. The molecule has 0 spiro atoms. The topological polar surface area (TPSA) is 114 Å². The van der Waals surface area contributed by atoms with Gasteiger partial charge in [-0.05, 0) is 25.1 Å². The minimum Gasteiger partial charge on any atom is -0.487 e. The molecule has 0 bridgehead atoms. The Morgan fingerprint density at radius 2 is 1.46 bits per heavy atom. The fourth-order valence-electron chi connectivity index (χ4n) is 2.13. The summed E-state index contributed by atoms with van der Waals surface area (Å²) in [5.74, 6) is 1.16. The highest BCUT2D eigenvalue weighted by Gasteiger charge is 2.10. The van der Waals surface area contributed by atoms with Crippen molar-refractivity contribution >= 4 is 11.7 Å². The second kappa shape index (κ2) is 11.3. The zero-order chi connectivity index (χ0) is 18.6. The summed E-state index contributed by atoms with van der Waals surface area (Å²) in [6, 6.07) is 4.68. The number of benzene rings is 1. The van der Waals surface area contributed by atoms with E-state index in [0.717, 1.165) is 5.56 Å². The Morgan fingerprint density at radius 1 is 0.923 bits per heavy atom. The monoisotopic (exact) mass is 367 g/mol. The van der Waals surface area contributed by atoms with Crippen LogP contribution >= 0.6 is 0 Å². The number of nitrogens with two attached hydrogens (primary N) is 1. The van der Waals surface area contributed by atoms with Crippen molar-refractivity contribution in [2.75, 3.05) is 52.9 Å². The third-order valence-electron chi connectivity index (χ3n) is 3.41. The molecule has 0 atom stereocenters. The van der Waals surface area contributed by atoms with Crippen LogP contribution in [-0.2, 0) is 14.2 Å². The van der Waals surface area contributed by atoms with E-state index in [2.05, 4.69) is 10.5 Å². The molecule has 2 amide bonds. The molecule has 1 aliphatic rings. The van der Waals surface area contributed by atoms with Gasteiger partial charge in [-0.3, -0.25) is 0 Å². The summed E-state index contributed by atoms with van der Waals surface area (Å²) in [4.78, 5) is 10.8. The van der Waals surface area contributed by atoms with Crippen LogP contribution in [0, 0.1) is 0 Å². The molecule has 9 heteroatoms. The molecular formula is C17H25N3O6. The zero-order valence-electron chi connectivity index (χ0n) is 14.9. The van der Waals surface area contributed by atoms with Crippen molar-refractivity contribution in [1.82, 2.24) is 5.43 Å². The van der Waals surface area contributed by atoms with Gasteiger partial charge in [-0.15, -0.1) is 0 Å². The van der Waals surface area contributed by atoms with Gasteiger partial charge in [0, 0.05) is 5.56 Å². The van der Waals surface area contributed by atoms with Gasteiger partial charge in [0.1, 0.15) is 13.2 Å². The average Bonchev–Trinajstić information content (AvgIpc) is 2.64. The lowest BCUT2D eigenvalue weighted by Crippen LogP contribution is -2.25. The van der Waals surface area contributed by atoms with Gasteiger partial charge in [-0.2, -0.15) is 5.10 Å². The third kappa shape index (κ3) is 7.26. The zero-order valence-corrected chi connectivity index (χ0v) is 14.9. The van der Waals surface area contributed by atoms with Crippen LogP contribution in [0.2, 0.25) is 0 Å². The van der Waals surface area contributed by atoms with E-state index in [1.165, 1.54) is 0 Å². The van der Waals surface area contributed by atoms with E-state index in [-0.39, 0.29) is 0 Å². The Bertz CT molecular complexity index is 608. The molecule has 1 heterocycles. The molecule has 1 aromatic rings. The standard InChI is InChI=1S/C17H25N3O6/c1-13(19-20-17(18)21)14-2-3-15-16(12-14)26-11-9-24-7-5-22-4-6-23-8-10-25-15/h2-3,12H,4-11H2,1H3,(H3,18,20,21). The summed E-state index contributed by atoms with van der Waals surface area (Å²) in [6.07, 6.45) is 0. The van der Waals surface area contributed by atoms with Crippen LogP contribution < -0.4 is 20.6 Å². The van der Waals surface area contributed by atoms with Gasteiger partial charge in [0.05, 0.1) is 45.4 Å². The highest BCUT2D eigenvalue weighted by atomic mass is 16.6. The number of amides is 2. The van der Waals surface area contributed by atoms with Crippen LogP contribution in [0.15, 0.2) is 23.3 Å². The van der Waals surface area contributed by atoms with Crippen molar-refractivity contribution in [2.45, 2.75) is 6.92 Å². The molecule has 9 nitrogen and oxygen atoms in total. The normalized spacial score (nSPS) is 17.7. The predicted octanol–water partition coefficient (Wildman–Crippen LogP) is 0.900. The van der Waals surface area contributed by atoms with Gasteiger partial charge < -0.3 is 29.4 Å². The molecule has 26 heavy (non-hydrogen) atoms. The van der Waals surface area contributed by atoms with Crippen LogP contribution in [-0.4, -0.2) is 64.6 Å². The quantitative estimate of drug-likeness (QED) is 0.593. The second-order valence-corrected chi connectivity index (χ2v) is 5.37. The minimum atomic E-state index is -0.723. The number of ether oxygens (including phenoxy) is 5. The van der Waals surface area contributed by atoms with E-state index >= 15 is 0 Å². The number of primary amides is 1. The van der Waals surface area contributed by atoms with Crippen LogP contribution in [0.3, 0.4) is 0 Å². The molecule has 1 aliphatic heterocycles. The van der Waals surface area contributed by atoms with Crippen molar-refractivity contribution in [3.63, 3.8) is 0 Å². The summed E-state index contributed by atoms with van der Waals surface area (Å²) in [7, 11) is 0. The smallest absolute Gasteiger partial charge is 0.332 e. The van der Waals surface area contributed by atoms with E-state index in [1.807, 2.05) is 6.07 Å². The van der Waals surface area contributed by atoms with Gasteiger partial charge in [-0.1, -0.05) is 0 Å². The highest BCUT2D eigenvalue weighted by Crippen LogP contribution is 2.28. The van der Waals surface area contributed by atoms with E-state index < -0.39 is 6.03 Å². The largest absolute Gasteiger partial charge is 0.487 e. The average molecular weight is 367 g/mol. The molecule has 0 aromatic heterocycles.